The number of aliphatic hydroxyl groups is 1. The monoisotopic (exact) mass is 223 g/mol. The van der Waals surface area contributed by atoms with E-state index in [2.05, 4.69) is 0 Å². The highest BCUT2D eigenvalue weighted by Gasteiger charge is 2.33. The van der Waals surface area contributed by atoms with Crippen molar-refractivity contribution in [2.24, 2.45) is 0 Å². The number of carbonyl (C=O) groups excluding carboxylic acids is 1. The van der Waals surface area contributed by atoms with Gasteiger partial charge in [0.2, 0.25) is 5.91 Å². The minimum Gasteiger partial charge on any atom is -0.392 e. The lowest BCUT2D eigenvalue weighted by molar-refractivity contribution is -0.119. The van der Waals surface area contributed by atoms with E-state index in [-0.39, 0.29) is 11.2 Å². The normalized spacial score (nSPS) is 22.5. The highest BCUT2D eigenvalue weighted by atomic mass is 32.2. The number of carbonyl (C=O) groups is 1. The number of amides is 1. The van der Waals surface area contributed by atoms with Gasteiger partial charge in [0.05, 0.1) is 11.8 Å². The molecule has 0 unspecified atom stereocenters. The number of para-hydroxylation sites is 1. The molecule has 0 radical (unpaired) electrons. The topological polar surface area (TPSA) is 40.5 Å². The van der Waals surface area contributed by atoms with Crippen molar-refractivity contribution in [2.75, 3.05) is 11.9 Å². The molecule has 0 saturated carbocycles. The summed E-state index contributed by atoms with van der Waals surface area (Å²) in [6, 6.07) is 7.73. The Balaban J connectivity index is 2.41. The van der Waals surface area contributed by atoms with Crippen molar-refractivity contribution < 1.29 is 9.90 Å². The van der Waals surface area contributed by atoms with E-state index in [1.54, 1.807) is 18.9 Å². The van der Waals surface area contributed by atoms with E-state index in [4.69, 9.17) is 0 Å². The van der Waals surface area contributed by atoms with Crippen LogP contribution in [0.2, 0.25) is 0 Å². The Labute approximate surface area is 93.1 Å². The van der Waals surface area contributed by atoms with E-state index in [1.807, 2.05) is 24.3 Å². The van der Waals surface area contributed by atoms with E-state index in [9.17, 15) is 9.90 Å². The lowest BCUT2D eigenvalue weighted by atomic mass is 10.2. The van der Waals surface area contributed by atoms with Crippen LogP contribution >= 0.6 is 11.8 Å². The molecule has 0 bridgehead atoms. The third kappa shape index (κ3) is 1.75. The number of nitrogens with zero attached hydrogens (tertiary/aromatic N) is 1. The van der Waals surface area contributed by atoms with Crippen molar-refractivity contribution in [3.63, 3.8) is 0 Å². The van der Waals surface area contributed by atoms with Gasteiger partial charge < -0.3 is 10.0 Å². The van der Waals surface area contributed by atoms with Gasteiger partial charge in [-0.1, -0.05) is 12.1 Å². The molecule has 0 aromatic heterocycles. The Hall–Kier alpha value is -1.00. The maximum absolute atomic E-state index is 11.9. The molecule has 0 saturated heterocycles. The largest absolute Gasteiger partial charge is 0.392 e. The fourth-order valence-electron chi connectivity index (χ4n) is 1.64. The lowest BCUT2D eigenvalue weighted by Gasteiger charge is -2.32. The number of hydrogen-bond acceptors (Lipinski definition) is 3. The number of hydrogen-bond donors (Lipinski definition) is 1. The maximum atomic E-state index is 11.9. The number of benzene rings is 1. The molecule has 1 aliphatic rings. The third-order valence-electron chi connectivity index (χ3n) is 2.49. The second-order valence-electron chi connectivity index (χ2n) is 3.64. The SMILES string of the molecule is C[C@H](O)[C@H]1Sc2ccccc2N(C)C1=O. The number of thioether (sulfide) groups is 1. The zero-order valence-electron chi connectivity index (χ0n) is 8.68. The van der Waals surface area contributed by atoms with Gasteiger partial charge in [-0.2, -0.15) is 0 Å². The van der Waals surface area contributed by atoms with Crippen LogP contribution < -0.4 is 4.90 Å². The van der Waals surface area contributed by atoms with E-state index >= 15 is 0 Å². The van der Waals surface area contributed by atoms with E-state index < -0.39 is 6.10 Å². The second-order valence-corrected chi connectivity index (χ2v) is 4.83. The van der Waals surface area contributed by atoms with Crippen LogP contribution in [0.1, 0.15) is 6.92 Å². The molecule has 3 nitrogen and oxygen atoms in total. The van der Waals surface area contributed by atoms with Crippen LogP contribution in [0.3, 0.4) is 0 Å². The first-order valence-electron chi connectivity index (χ1n) is 4.82. The van der Waals surface area contributed by atoms with Gasteiger partial charge in [0, 0.05) is 11.9 Å². The minimum atomic E-state index is -0.627. The number of fused-ring (bicyclic) bond motifs is 1. The summed E-state index contributed by atoms with van der Waals surface area (Å²) in [6.45, 7) is 1.65. The Morgan fingerprint density at radius 1 is 1.47 bits per heavy atom. The first kappa shape index (κ1) is 10.5. The molecule has 80 valence electrons. The van der Waals surface area contributed by atoms with Gasteiger partial charge in [0.15, 0.2) is 0 Å². The molecule has 1 amide bonds. The molecule has 1 N–H and O–H groups in total. The molecular weight excluding hydrogens is 210 g/mol. The van der Waals surface area contributed by atoms with E-state index in [0.717, 1.165) is 10.6 Å². The maximum Gasteiger partial charge on any atom is 0.242 e. The fourth-order valence-corrected chi connectivity index (χ4v) is 2.85. The molecule has 2 atom stereocenters. The smallest absolute Gasteiger partial charge is 0.242 e. The summed E-state index contributed by atoms with van der Waals surface area (Å²) in [7, 11) is 1.75. The van der Waals surface area contributed by atoms with Crippen molar-refractivity contribution >= 4 is 23.4 Å². The third-order valence-corrected chi connectivity index (χ3v) is 3.94. The van der Waals surface area contributed by atoms with Gasteiger partial charge >= 0.3 is 0 Å². The summed E-state index contributed by atoms with van der Waals surface area (Å²) in [5.74, 6) is -0.0336. The van der Waals surface area contributed by atoms with Crippen LogP contribution in [0.25, 0.3) is 0 Å². The van der Waals surface area contributed by atoms with Crippen molar-refractivity contribution in [3.8, 4) is 0 Å². The molecule has 1 aromatic carbocycles. The Kier molecular flexibility index (Phi) is 2.71. The molecule has 0 aliphatic carbocycles. The molecular formula is C11H13NO2S. The summed E-state index contributed by atoms with van der Waals surface area (Å²) < 4.78 is 0. The Morgan fingerprint density at radius 3 is 2.80 bits per heavy atom. The van der Waals surface area contributed by atoms with E-state index in [0.29, 0.717) is 0 Å². The standard InChI is InChI=1S/C11H13NO2S/c1-7(13)10-11(14)12(2)8-5-3-4-6-9(8)15-10/h3-7,10,13H,1-2H3/t7-,10+/m0/s1. The minimum absolute atomic E-state index is 0.0336. The summed E-state index contributed by atoms with van der Waals surface area (Å²) in [5.41, 5.74) is 0.921. The van der Waals surface area contributed by atoms with Crippen LogP contribution in [0.15, 0.2) is 29.2 Å². The van der Waals surface area contributed by atoms with Crippen molar-refractivity contribution in [1.29, 1.82) is 0 Å². The number of anilines is 1. The highest BCUT2D eigenvalue weighted by molar-refractivity contribution is 8.01. The lowest BCUT2D eigenvalue weighted by Crippen LogP contribution is -2.43. The van der Waals surface area contributed by atoms with Gasteiger partial charge in [0.1, 0.15) is 5.25 Å². The van der Waals surface area contributed by atoms with Gasteiger partial charge in [0.25, 0.3) is 0 Å². The molecule has 0 spiro atoms. The first-order chi connectivity index (χ1) is 7.11. The van der Waals surface area contributed by atoms with Crippen LogP contribution in [0.4, 0.5) is 5.69 Å². The van der Waals surface area contributed by atoms with Gasteiger partial charge in [-0.3, -0.25) is 4.79 Å². The van der Waals surface area contributed by atoms with Crippen molar-refractivity contribution in [1.82, 2.24) is 0 Å². The second kappa shape index (κ2) is 3.87. The van der Waals surface area contributed by atoms with Crippen LogP contribution in [0, 0.1) is 0 Å². The zero-order chi connectivity index (χ0) is 11.0. The van der Waals surface area contributed by atoms with Crippen LogP contribution in [-0.4, -0.2) is 29.4 Å². The van der Waals surface area contributed by atoms with Crippen molar-refractivity contribution in [3.05, 3.63) is 24.3 Å². The highest BCUT2D eigenvalue weighted by Crippen LogP contribution is 2.39. The summed E-state index contributed by atoms with van der Waals surface area (Å²) in [4.78, 5) is 14.5. The average Bonchev–Trinajstić information content (AvgIpc) is 2.23. The first-order valence-corrected chi connectivity index (χ1v) is 5.70. The molecule has 0 fully saturated rings. The summed E-state index contributed by atoms with van der Waals surface area (Å²) in [5, 5.41) is 9.14. The number of aliphatic hydroxyl groups excluding tert-OH is 1. The Morgan fingerprint density at radius 2 is 2.13 bits per heavy atom. The summed E-state index contributed by atoms with van der Waals surface area (Å²) in [6.07, 6.45) is -0.627. The predicted molar refractivity (Wildman–Crippen MR) is 61.2 cm³/mol. The Bertz CT molecular complexity index is 392. The average molecular weight is 223 g/mol. The van der Waals surface area contributed by atoms with Gasteiger partial charge in [-0.25, -0.2) is 0 Å². The quantitative estimate of drug-likeness (QED) is 0.784. The van der Waals surface area contributed by atoms with Gasteiger partial charge in [-0.05, 0) is 19.1 Å². The number of rotatable bonds is 1. The molecule has 4 heteroatoms. The molecule has 1 aromatic rings. The molecule has 1 aliphatic heterocycles. The van der Waals surface area contributed by atoms with E-state index in [1.165, 1.54) is 11.8 Å². The van der Waals surface area contributed by atoms with Crippen LogP contribution in [-0.2, 0) is 4.79 Å². The summed E-state index contributed by atoms with van der Waals surface area (Å²) >= 11 is 1.44. The fraction of sp³-hybridized carbons (Fsp3) is 0.364. The molecule has 1 heterocycles. The van der Waals surface area contributed by atoms with Crippen molar-refractivity contribution in [2.45, 2.75) is 23.2 Å². The molecule has 15 heavy (non-hydrogen) atoms. The van der Waals surface area contributed by atoms with Crippen LogP contribution in [0.5, 0.6) is 0 Å². The zero-order valence-corrected chi connectivity index (χ0v) is 9.49. The molecule has 2 rings (SSSR count). The van der Waals surface area contributed by atoms with Gasteiger partial charge in [-0.15, -0.1) is 11.8 Å². The predicted octanol–water partition coefficient (Wildman–Crippen LogP) is 1.50.